The molecule has 1 spiro atoms. The molecular formula is C24H29NO3. The molecule has 4 heteroatoms. The summed E-state index contributed by atoms with van der Waals surface area (Å²) in [4.78, 5) is 12.8. The molecule has 4 nitrogen and oxygen atoms in total. The van der Waals surface area contributed by atoms with Gasteiger partial charge in [-0.2, -0.15) is 0 Å². The summed E-state index contributed by atoms with van der Waals surface area (Å²) in [6.07, 6.45) is 4.90. The van der Waals surface area contributed by atoms with E-state index in [1.807, 2.05) is 19.1 Å². The van der Waals surface area contributed by atoms with Gasteiger partial charge in [0.1, 0.15) is 5.76 Å². The lowest BCUT2D eigenvalue weighted by molar-refractivity contribution is -0.116. The van der Waals surface area contributed by atoms with Crippen LogP contribution < -0.4 is 5.32 Å². The molecule has 2 aromatic carbocycles. The van der Waals surface area contributed by atoms with Crippen LogP contribution in [0.15, 0.2) is 48.2 Å². The van der Waals surface area contributed by atoms with Gasteiger partial charge in [0.05, 0.1) is 11.1 Å². The second kappa shape index (κ2) is 8.19. The number of aryl methyl sites for hydroxylation is 2. The Labute approximate surface area is 166 Å². The summed E-state index contributed by atoms with van der Waals surface area (Å²) >= 11 is 0. The largest absolute Gasteiger partial charge is 0.509 e. The zero-order valence-corrected chi connectivity index (χ0v) is 16.9. The van der Waals surface area contributed by atoms with Gasteiger partial charge in [0.2, 0.25) is 0 Å². The van der Waals surface area contributed by atoms with Gasteiger partial charge < -0.3 is 15.5 Å². The maximum Gasteiger partial charge on any atom is 0.256 e. The summed E-state index contributed by atoms with van der Waals surface area (Å²) in [6, 6.07) is 14.5. The smallest absolute Gasteiger partial charge is 0.256 e. The van der Waals surface area contributed by atoms with Crippen LogP contribution in [0.1, 0.15) is 48.8 Å². The fourth-order valence-electron chi connectivity index (χ4n) is 4.27. The fraction of sp³-hybridized carbons (Fsp3) is 0.375. The predicted molar refractivity (Wildman–Crippen MR) is 113 cm³/mol. The van der Waals surface area contributed by atoms with Gasteiger partial charge in [-0.05, 0) is 55.0 Å². The number of hydrogen-bond acceptors (Lipinski definition) is 3. The van der Waals surface area contributed by atoms with E-state index < -0.39 is 5.54 Å². The average Bonchev–Trinajstić information content (AvgIpc) is 2.94. The van der Waals surface area contributed by atoms with E-state index in [9.17, 15) is 9.90 Å². The molecule has 1 heterocycles. The molecule has 2 aliphatic rings. The molecule has 1 fully saturated rings. The molecule has 148 valence electrons. The van der Waals surface area contributed by atoms with Crippen LogP contribution in [-0.2, 0) is 4.79 Å². The molecule has 0 bridgehead atoms. The Morgan fingerprint density at radius 3 is 2.14 bits per heavy atom. The molecule has 28 heavy (non-hydrogen) atoms. The molecule has 1 aliphatic heterocycles. The third-order valence-corrected chi connectivity index (χ3v) is 5.87. The number of amides is 1. The quantitative estimate of drug-likeness (QED) is 0.709. The van der Waals surface area contributed by atoms with Crippen LogP contribution in [0.25, 0.3) is 16.7 Å². The Hall–Kier alpha value is -2.59. The van der Waals surface area contributed by atoms with E-state index in [-0.39, 0.29) is 11.7 Å². The number of carbonyl (C=O) groups excluding carboxylic acids is 1. The molecule has 4 rings (SSSR count). The number of carbonyl (C=O) groups is 1. The average molecular weight is 380 g/mol. The van der Waals surface area contributed by atoms with Crippen molar-refractivity contribution in [2.45, 2.75) is 51.5 Å². The first-order chi connectivity index (χ1) is 13.5. The molecule has 0 aromatic heterocycles. The number of rotatable bonds is 2. The number of benzene rings is 2. The summed E-state index contributed by atoms with van der Waals surface area (Å²) in [6.45, 7) is 4.06. The summed E-state index contributed by atoms with van der Waals surface area (Å²) in [5.41, 5.74) is 5.14. The van der Waals surface area contributed by atoms with E-state index >= 15 is 0 Å². The first-order valence-electron chi connectivity index (χ1n) is 9.89. The second-order valence-corrected chi connectivity index (χ2v) is 7.72. The van der Waals surface area contributed by atoms with Crippen molar-refractivity contribution in [3.05, 3.63) is 64.9 Å². The summed E-state index contributed by atoms with van der Waals surface area (Å²) in [7, 11) is 1.00. The molecule has 3 N–H and O–H groups in total. The summed E-state index contributed by atoms with van der Waals surface area (Å²) in [5.74, 6) is 0.0971. The Bertz CT molecular complexity index is 891. The monoisotopic (exact) mass is 379 g/mol. The van der Waals surface area contributed by atoms with Crippen LogP contribution >= 0.6 is 0 Å². The van der Waals surface area contributed by atoms with Crippen molar-refractivity contribution >= 4 is 11.5 Å². The minimum absolute atomic E-state index is 0.145. The van der Waals surface area contributed by atoms with Gasteiger partial charge in [-0.25, -0.2) is 0 Å². The maximum absolute atomic E-state index is 12.8. The Morgan fingerprint density at radius 2 is 1.50 bits per heavy atom. The SMILES string of the molecule is CO.Cc1ccc(-c2ccc(C)c(C3=C(O)C4(CCCCC4)NC3=O)c2)cc1. The zero-order chi connectivity index (χ0) is 20.3. The fourth-order valence-corrected chi connectivity index (χ4v) is 4.27. The Balaban J connectivity index is 0.00000109. The molecule has 0 saturated heterocycles. The third-order valence-electron chi connectivity index (χ3n) is 5.87. The van der Waals surface area contributed by atoms with Gasteiger partial charge in [-0.3, -0.25) is 4.79 Å². The van der Waals surface area contributed by atoms with E-state index in [0.717, 1.165) is 55.0 Å². The number of nitrogens with one attached hydrogen (secondary N) is 1. The van der Waals surface area contributed by atoms with Crippen molar-refractivity contribution in [1.29, 1.82) is 0 Å². The minimum atomic E-state index is -0.545. The lowest BCUT2D eigenvalue weighted by Crippen LogP contribution is -2.46. The highest BCUT2D eigenvalue weighted by Crippen LogP contribution is 2.42. The van der Waals surface area contributed by atoms with Gasteiger partial charge in [0.15, 0.2) is 0 Å². The predicted octanol–water partition coefficient (Wildman–Crippen LogP) is 4.68. The van der Waals surface area contributed by atoms with Crippen molar-refractivity contribution < 1.29 is 15.0 Å². The molecule has 1 amide bonds. The molecule has 0 atom stereocenters. The molecule has 1 aliphatic carbocycles. The summed E-state index contributed by atoms with van der Waals surface area (Å²) < 4.78 is 0. The second-order valence-electron chi connectivity index (χ2n) is 7.72. The highest BCUT2D eigenvalue weighted by molar-refractivity contribution is 6.23. The molecule has 0 unspecified atom stereocenters. The van der Waals surface area contributed by atoms with Crippen molar-refractivity contribution in [2.24, 2.45) is 0 Å². The van der Waals surface area contributed by atoms with Gasteiger partial charge in [-0.15, -0.1) is 0 Å². The van der Waals surface area contributed by atoms with Crippen LogP contribution in [0.4, 0.5) is 0 Å². The van der Waals surface area contributed by atoms with Crippen LogP contribution in [-0.4, -0.2) is 28.8 Å². The Morgan fingerprint density at radius 1 is 0.893 bits per heavy atom. The van der Waals surface area contributed by atoms with Crippen LogP contribution in [0, 0.1) is 13.8 Å². The highest BCUT2D eigenvalue weighted by Gasteiger charge is 2.46. The first kappa shape index (κ1) is 20.2. The van der Waals surface area contributed by atoms with E-state index in [1.165, 1.54) is 12.0 Å². The lowest BCUT2D eigenvalue weighted by atomic mass is 9.80. The van der Waals surface area contributed by atoms with E-state index in [2.05, 4.69) is 42.6 Å². The molecule has 1 saturated carbocycles. The van der Waals surface area contributed by atoms with Crippen LogP contribution in [0.3, 0.4) is 0 Å². The number of aliphatic hydroxyl groups excluding tert-OH is 2. The number of aliphatic hydroxyl groups is 2. The first-order valence-corrected chi connectivity index (χ1v) is 9.89. The standard InChI is InChI=1S/C23H25NO2.CH4O/c1-15-6-9-17(10-7-15)18-11-8-16(2)19(14-18)20-21(25)23(24-22(20)26)12-4-3-5-13-23;1-2/h6-11,14,25H,3-5,12-13H2,1-2H3,(H,24,26);2H,1H3. The summed E-state index contributed by atoms with van der Waals surface area (Å²) in [5, 5.41) is 21.1. The van der Waals surface area contributed by atoms with Gasteiger partial charge in [0, 0.05) is 7.11 Å². The van der Waals surface area contributed by atoms with Crippen LogP contribution in [0.5, 0.6) is 0 Å². The van der Waals surface area contributed by atoms with Gasteiger partial charge in [-0.1, -0.05) is 61.2 Å². The zero-order valence-electron chi connectivity index (χ0n) is 16.9. The van der Waals surface area contributed by atoms with Gasteiger partial charge >= 0.3 is 0 Å². The minimum Gasteiger partial charge on any atom is -0.509 e. The van der Waals surface area contributed by atoms with Gasteiger partial charge in [0.25, 0.3) is 5.91 Å². The van der Waals surface area contributed by atoms with Crippen molar-refractivity contribution in [3.8, 4) is 11.1 Å². The lowest BCUT2D eigenvalue weighted by Gasteiger charge is -2.33. The maximum atomic E-state index is 12.8. The van der Waals surface area contributed by atoms with Crippen molar-refractivity contribution in [2.75, 3.05) is 7.11 Å². The normalized spacial score (nSPS) is 17.9. The van der Waals surface area contributed by atoms with Crippen molar-refractivity contribution in [1.82, 2.24) is 5.32 Å². The van der Waals surface area contributed by atoms with E-state index in [0.29, 0.717) is 5.57 Å². The topological polar surface area (TPSA) is 69.6 Å². The van der Waals surface area contributed by atoms with E-state index in [4.69, 9.17) is 5.11 Å². The highest BCUT2D eigenvalue weighted by atomic mass is 16.3. The molecule has 0 radical (unpaired) electrons. The molecule has 2 aromatic rings. The molecular weight excluding hydrogens is 350 g/mol. The van der Waals surface area contributed by atoms with E-state index in [1.54, 1.807) is 0 Å². The van der Waals surface area contributed by atoms with Crippen LogP contribution in [0.2, 0.25) is 0 Å². The van der Waals surface area contributed by atoms with Crippen molar-refractivity contribution in [3.63, 3.8) is 0 Å². The number of hydrogen-bond donors (Lipinski definition) is 3. The third kappa shape index (κ3) is 3.57. The Kier molecular flexibility index (Phi) is 5.90.